The van der Waals surface area contributed by atoms with Gasteiger partial charge in [-0.05, 0) is 38.1 Å². The number of carboxylic acids is 1. The van der Waals surface area contributed by atoms with E-state index in [0.29, 0.717) is 22.8 Å². The minimum absolute atomic E-state index is 0.127. The number of carboxylic acid groups (broad SMARTS) is 1. The van der Waals surface area contributed by atoms with Crippen molar-refractivity contribution in [1.82, 2.24) is 4.98 Å². The number of aromatic carboxylic acids is 1. The van der Waals surface area contributed by atoms with E-state index in [1.807, 2.05) is 0 Å². The van der Waals surface area contributed by atoms with E-state index in [1.165, 1.54) is 12.1 Å². The van der Waals surface area contributed by atoms with Crippen LogP contribution in [0.3, 0.4) is 0 Å². The molecule has 104 valence electrons. The maximum atomic E-state index is 13.3. The Morgan fingerprint density at radius 1 is 1.30 bits per heavy atom. The highest BCUT2D eigenvalue weighted by Gasteiger charge is 2.19. The first kappa shape index (κ1) is 14.0. The lowest BCUT2D eigenvalue weighted by molar-refractivity contribution is 0.0696. The van der Waals surface area contributed by atoms with Gasteiger partial charge in [0.2, 0.25) is 0 Å². The number of aryl methyl sites for hydroxylation is 2. The predicted octanol–water partition coefficient (Wildman–Crippen LogP) is 3.30. The quantitative estimate of drug-likeness (QED) is 0.933. The molecule has 0 aliphatic carbocycles. The second kappa shape index (κ2) is 5.28. The van der Waals surface area contributed by atoms with Crippen LogP contribution in [0.2, 0.25) is 0 Å². The number of halogens is 1. The van der Waals surface area contributed by atoms with Gasteiger partial charge in [-0.15, -0.1) is 0 Å². The first-order valence-electron chi connectivity index (χ1n) is 6.11. The lowest BCUT2D eigenvalue weighted by atomic mass is 10.1. The van der Waals surface area contributed by atoms with Crippen LogP contribution < -0.4 is 4.90 Å². The smallest absolute Gasteiger partial charge is 0.339 e. The summed E-state index contributed by atoms with van der Waals surface area (Å²) in [6.45, 7) is 3.45. The van der Waals surface area contributed by atoms with Gasteiger partial charge < -0.3 is 10.0 Å². The molecule has 0 unspecified atom stereocenters. The van der Waals surface area contributed by atoms with Gasteiger partial charge in [-0.2, -0.15) is 0 Å². The van der Waals surface area contributed by atoms with Crippen molar-refractivity contribution in [3.63, 3.8) is 0 Å². The number of pyridine rings is 1. The van der Waals surface area contributed by atoms with Crippen LogP contribution in [-0.4, -0.2) is 23.1 Å². The van der Waals surface area contributed by atoms with Crippen LogP contribution in [-0.2, 0) is 0 Å². The number of anilines is 2. The molecule has 2 rings (SSSR count). The van der Waals surface area contributed by atoms with Gasteiger partial charge >= 0.3 is 5.97 Å². The number of benzene rings is 1. The summed E-state index contributed by atoms with van der Waals surface area (Å²) in [7, 11) is 1.70. The van der Waals surface area contributed by atoms with E-state index >= 15 is 0 Å². The molecule has 0 bridgehead atoms. The monoisotopic (exact) mass is 274 g/mol. The first-order chi connectivity index (χ1) is 9.40. The zero-order valence-corrected chi connectivity index (χ0v) is 11.5. The molecule has 0 aliphatic rings. The minimum Gasteiger partial charge on any atom is -0.478 e. The van der Waals surface area contributed by atoms with Crippen LogP contribution in [0.1, 0.15) is 21.7 Å². The zero-order chi connectivity index (χ0) is 14.9. The van der Waals surface area contributed by atoms with Crippen molar-refractivity contribution in [1.29, 1.82) is 0 Å². The number of hydrogen-bond donors (Lipinski definition) is 1. The third-order valence-corrected chi connectivity index (χ3v) is 3.08. The fourth-order valence-electron chi connectivity index (χ4n) is 2.16. The first-order valence-corrected chi connectivity index (χ1v) is 6.11. The van der Waals surface area contributed by atoms with Gasteiger partial charge in [0.15, 0.2) is 0 Å². The molecular weight excluding hydrogens is 259 g/mol. The highest BCUT2D eigenvalue weighted by Crippen LogP contribution is 2.29. The van der Waals surface area contributed by atoms with Crippen LogP contribution in [0.15, 0.2) is 30.3 Å². The molecule has 2 aromatic rings. The van der Waals surface area contributed by atoms with Crippen molar-refractivity contribution in [2.75, 3.05) is 11.9 Å². The summed E-state index contributed by atoms with van der Waals surface area (Å²) in [5.74, 6) is -1.41. The van der Waals surface area contributed by atoms with E-state index in [4.69, 9.17) is 0 Å². The van der Waals surface area contributed by atoms with E-state index in [-0.39, 0.29) is 11.4 Å². The fourth-order valence-corrected chi connectivity index (χ4v) is 2.16. The summed E-state index contributed by atoms with van der Waals surface area (Å²) in [4.78, 5) is 17.2. The summed E-state index contributed by atoms with van der Waals surface area (Å²) >= 11 is 0. The molecule has 0 saturated carbocycles. The number of carbonyl (C=O) groups is 1. The number of hydrogen-bond acceptors (Lipinski definition) is 3. The highest BCUT2D eigenvalue weighted by atomic mass is 19.1. The van der Waals surface area contributed by atoms with Gasteiger partial charge in [0, 0.05) is 18.4 Å². The Bertz CT molecular complexity index is 671. The van der Waals surface area contributed by atoms with E-state index in [1.54, 1.807) is 44.0 Å². The van der Waals surface area contributed by atoms with Crippen molar-refractivity contribution in [3.8, 4) is 0 Å². The summed E-state index contributed by atoms with van der Waals surface area (Å²) in [5.41, 5.74) is 2.36. The Labute approximate surface area is 116 Å². The van der Waals surface area contributed by atoms with Gasteiger partial charge in [0.25, 0.3) is 0 Å². The molecule has 5 heteroatoms. The number of rotatable bonds is 3. The van der Waals surface area contributed by atoms with Crippen molar-refractivity contribution >= 4 is 17.3 Å². The topological polar surface area (TPSA) is 53.4 Å². The van der Waals surface area contributed by atoms with Gasteiger partial charge in [0.05, 0.1) is 11.4 Å². The molecule has 1 aromatic carbocycles. The molecule has 20 heavy (non-hydrogen) atoms. The lowest BCUT2D eigenvalue weighted by Gasteiger charge is -2.22. The third-order valence-electron chi connectivity index (χ3n) is 3.08. The average Bonchev–Trinajstić information content (AvgIpc) is 2.36. The Hall–Kier alpha value is -2.43. The maximum absolute atomic E-state index is 13.3. The van der Waals surface area contributed by atoms with Crippen LogP contribution in [0.5, 0.6) is 0 Å². The molecule has 0 fully saturated rings. The normalized spacial score (nSPS) is 10.4. The van der Waals surface area contributed by atoms with Crippen molar-refractivity contribution in [2.45, 2.75) is 13.8 Å². The average molecular weight is 274 g/mol. The van der Waals surface area contributed by atoms with Crippen LogP contribution in [0.4, 0.5) is 15.8 Å². The maximum Gasteiger partial charge on any atom is 0.339 e. The van der Waals surface area contributed by atoms with Crippen molar-refractivity contribution in [2.24, 2.45) is 0 Å². The standard InChI is InChI=1S/C15H15FN2O2/c1-9-7-13(14(15(19)20)10(2)17-9)18(3)12-6-4-5-11(16)8-12/h4-8H,1-3H3,(H,19,20). The summed E-state index contributed by atoms with van der Waals surface area (Å²) in [6.07, 6.45) is 0. The zero-order valence-electron chi connectivity index (χ0n) is 11.5. The molecule has 4 nitrogen and oxygen atoms in total. The summed E-state index contributed by atoms with van der Waals surface area (Å²) in [5, 5.41) is 9.35. The molecule has 1 heterocycles. The molecule has 0 amide bonds. The number of aromatic nitrogens is 1. The molecule has 0 saturated heterocycles. The van der Waals surface area contributed by atoms with Crippen LogP contribution >= 0.6 is 0 Å². The Morgan fingerprint density at radius 3 is 2.60 bits per heavy atom. The van der Waals surface area contributed by atoms with Gasteiger partial charge in [-0.25, -0.2) is 9.18 Å². The summed E-state index contributed by atoms with van der Waals surface area (Å²) < 4.78 is 13.3. The second-order valence-electron chi connectivity index (χ2n) is 4.59. The minimum atomic E-state index is -1.05. The highest BCUT2D eigenvalue weighted by molar-refractivity contribution is 5.96. The van der Waals surface area contributed by atoms with E-state index in [9.17, 15) is 14.3 Å². The van der Waals surface area contributed by atoms with Gasteiger partial charge in [0.1, 0.15) is 11.4 Å². The fraction of sp³-hybridized carbons (Fsp3) is 0.200. The van der Waals surface area contributed by atoms with Crippen molar-refractivity contribution in [3.05, 3.63) is 53.1 Å². The molecule has 0 radical (unpaired) electrons. The van der Waals surface area contributed by atoms with Crippen LogP contribution in [0, 0.1) is 19.7 Å². The Balaban J connectivity index is 2.59. The molecule has 0 atom stereocenters. The third kappa shape index (κ3) is 2.61. The summed E-state index contributed by atoms with van der Waals surface area (Å²) in [6, 6.07) is 7.69. The second-order valence-corrected chi connectivity index (χ2v) is 4.59. The number of nitrogens with zero attached hydrogens (tertiary/aromatic N) is 2. The molecule has 1 N–H and O–H groups in total. The van der Waals surface area contributed by atoms with E-state index in [2.05, 4.69) is 4.98 Å². The Kier molecular flexibility index (Phi) is 3.70. The van der Waals surface area contributed by atoms with Crippen LogP contribution in [0.25, 0.3) is 0 Å². The SMILES string of the molecule is Cc1cc(N(C)c2cccc(F)c2)c(C(=O)O)c(C)n1. The predicted molar refractivity (Wildman–Crippen MR) is 75.1 cm³/mol. The van der Waals surface area contributed by atoms with E-state index < -0.39 is 5.97 Å². The van der Waals surface area contributed by atoms with E-state index in [0.717, 1.165) is 0 Å². The molecular formula is C15H15FN2O2. The lowest BCUT2D eigenvalue weighted by Crippen LogP contribution is -2.16. The van der Waals surface area contributed by atoms with Gasteiger partial charge in [-0.3, -0.25) is 4.98 Å². The molecule has 0 aliphatic heterocycles. The molecule has 0 spiro atoms. The molecule has 1 aromatic heterocycles. The van der Waals surface area contributed by atoms with Gasteiger partial charge in [-0.1, -0.05) is 6.07 Å². The largest absolute Gasteiger partial charge is 0.478 e. The van der Waals surface area contributed by atoms with Crippen molar-refractivity contribution < 1.29 is 14.3 Å². The Morgan fingerprint density at radius 2 is 2.00 bits per heavy atom.